The molecule has 0 saturated carbocycles. The molecule has 0 amide bonds. The molecule has 0 spiro atoms. The zero-order valence-corrected chi connectivity index (χ0v) is 51.2. The lowest BCUT2D eigenvalue weighted by Gasteiger charge is -2.18. The van der Waals surface area contributed by atoms with Gasteiger partial charge >= 0.3 is 17.9 Å². The molecular formula is C72H122O6. The van der Waals surface area contributed by atoms with Crippen molar-refractivity contribution >= 4 is 17.9 Å². The molecule has 6 heteroatoms. The van der Waals surface area contributed by atoms with Crippen molar-refractivity contribution in [2.75, 3.05) is 13.2 Å². The molecule has 0 aromatic carbocycles. The van der Waals surface area contributed by atoms with Gasteiger partial charge in [-0.1, -0.05) is 291 Å². The van der Waals surface area contributed by atoms with Crippen molar-refractivity contribution in [3.05, 3.63) is 109 Å². The highest BCUT2D eigenvalue weighted by Gasteiger charge is 2.19. The Kier molecular flexibility index (Phi) is 62.3. The van der Waals surface area contributed by atoms with Crippen LogP contribution in [-0.2, 0) is 28.6 Å². The van der Waals surface area contributed by atoms with Crippen molar-refractivity contribution in [2.24, 2.45) is 0 Å². The van der Waals surface area contributed by atoms with Crippen molar-refractivity contribution in [1.29, 1.82) is 0 Å². The Bertz CT molecular complexity index is 1570. The minimum atomic E-state index is -0.782. The number of esters is 3. The molecular weight excluding hydrogens is 961 g/mol. The quantitative estimate of drug-likeness (QED) is 0.0261. The largest absolute Gasteiger partial charge is 0.462 e. The first-order valence-corrected chi connectivity index (χ1v) is 32.9. The van der Waals surface area contributed by atoms with Crippen LogP contribution in [-0.4, -0.2) is 37.2 Å². The summed E-state index contributed by atoms with van der Waals surface area (Å²) in [5, 5.41) is 0. The van der Waals surface area contributed by atoms with Gasteiger partial charge in [0.25, 0.3) is 0 Å². The third-order valence-corrected chi connectivity index (χ3v) is 14.0. The number of unbranched alkanes of at least 4 members (excludes halogenated alkanes) is 30. The molecule has 0 aliphatic rings. The van der Waals surface area contributed by atoms with E-state index in [0.717, 1.165) is 122 Å². The third kappa shape index (κ3) is 62.9. The lowest BCUT2D eigenvalue weighted by atomic mass is 10.0. The molecule has 1 unspecified atom stereocenters. The van der Waals surface area contributed by atoms with E-state index >= 15 is 0 Å². The van der Waals surface area contributed by atoms with Crippen LogP contribution in [0.25, 0.3) is 0 Å². The van der Waals surface area contributed by atoms with Gasteiger partial charge in [-0.3, -0.25) is 14.4 Å². The summed E-state index contributed by atoms with van der Waals surface area (Å²) in [6, 6.07) is 0. The van der Waals surface area contributed by atoms with Crippen molar-refractivity contribution in [2.45, 2.75) is 316 Å². The Morgan fingerprint density at radius 3 is 0.808 bits per heavy atom. The number of allylic oxidation sites excluding steroid dienone is 18. The Hall–Kier alpha value is -3.93. The highest BCUT2D eigenvalue weighted by molar-refractivity contribution is 5.71. The van der Waals surface area contributed by atoms with Crippen LogP contribution in [0.5, 0.6) is 0 Å². The number of carbonyl (C=O) groups excluding carboxylic acids is 3. The fourth-order valence-corrected chi connectivity index (χ4v) is 9.10. The minimum Gasteiger partial charge on any atom is -0.462 e. The number of rotatable bonds is 59. The average Bonchev–Trinajstić information content (AvgIpc) is 3.44. The molecule has 0 aliphatic carbocycles. The van der Waals surface area contributed by atoms with Gasteiger partial charge in [-0.05, 0) is 109 Å². The van der Waals surface area contributed by atoms with Crippen LogP contribution in [0.15, 0.2) is 109 Å². The molecule has 446 valence electrons. The van der Waals surface area contributed by atoms with Crippen LogP contribution in [0.1, 0.15) is 310 Å². The second-order valence-corrected chi connectivity index (χ2v) is 21.6. The van der Waals surface area contributed by atoms with Crippen LogP contribution in [0, 0.1) is 0 Å². The molecule has 0 N–H and O–H groups in total. The highest BCUT2D eigenvalue weighted by Crippen LogP contribution is 2.16. The van der Waals surface area contributed by atoms with E-state index in [4.69, 9.17) is 14.2 Å². The van der Waals surface area contributed by atoms with E-state index in [1.807, 2.05) is 0 Å². The molecule has 6 nitrogen and oxygen atoms in total. The van der Waals surface area contributed by atoms with Crippen molar-refractivity contribution in [1.82, 2.24) is 0 Å². The Morgan fingerprint density at radius 1 is 0.269 bits per heavy atom. The first-order valence-electron chi connectivity index (χ1n) is 32.9. The Morgan fingerprint density at radius 2 is 0.500 bits per heavy atom. The van der Waals surface area contributed by atoms with Gasteiger partial charge in [0.15, 0.2) is 6.10 Å². The van der Waals surface area contributed by atoms with Crippen LogP contribution >= 0.6 is 0 Å². The van der Waals surface area contributed by atoms with E-state index in [1.165, 1.54) is 148 Å². The molecule has 0 fully saturated rings. The van der Waals surface area contributed by atoms with E-state index in [9.17, 15) is 14.4 Å². The summed E-state index contributed by atoms with van der Waals surface area (Å²) >= 11 is 0. The molecule has 1 atom stereocenters. The molecule has 0 rings (SSSR count). The van der Waals surface area contributed by atoms with E-state index in [-0.39, 0.29) is 31.1 Å². The Labute approximate surface area is 482 Å². The molecule has 0 radical (unpaired) electrons. The maximum atomic E-state index is 12.8. The third-order valence-electron chi connectivity index (χ3n) is 14.0. The number of hydrogen-bond acceptors (Lipinski definition) is 6. The summed E-state index contributed by atoms with van der Waals surface area (Å²) in [5.41, 5.74) is 0. The fourth-order valence-electron chi connectivity index (χ4n) is 9.10. The van der Waals surface area contributed by atoms with E-state index in [2.05, 4.69) is 130 Å². The van der Waals surface area contributed by atoms with Gasteiger partial charge in [-0.2, -0.15) is 0 Å². The predicted octanol–water partition coefficient (Wildman–Crippen LogP) is 22.6. The molecule has 0 aliphatic heterocycles. The van der Waals surface area contributed by atoms with E-state index < -0.39 is 6.10 Å². The van der Waals surface area contributed by atoms with Gasteiger partial charge in [0, 0.05) is 19.3 Å². The lowest BCUT2D eigenvalue weighted by molar-refractivity contribution is -0.167. The molecule has 78 heavy (non-hydrogen) atoms. The SMILES string of the molecule is CC/C=C\C/C=C\C/C=C\C/C=C\C/C=C\C/C=C\C/C=C\C/C=C\CCCCCCCCCCCCC(=O)OCC(COC(=O)CCCCCCCCCCCCCC)OC(=O)CCCCCCC/C=C\CCCCCC. The van der Waals surface area contributed by atoms with Crippen molar-refractivity contribution in [3.63, 3.8) is 0 Å². The maximum Gasteiger partial charge on any atom is 0.306 e. The minimum absolute atomic E-state index is 0.0790. The first kappa shape index (κ1) is 74.1. The summed E-state index contributed by atoms with van der Waals surface area (Å²) in [7, 11) is 0. The summed E-state index contributed by atoms with van der Waals surface area (Å²) in [4.78, 5) is 38.2. The maximum absolute atomic E-state index is 12.8. The molecule has 0 heterocycles. The normalized spacial score (nSPS) is 12.8. The monoisotopic (exact) mass is 1080 g/mol. The number of ether oxygens (including phenoxy) is 3. The number of hydrogen-bond donors (Lipinski definition) is 0. The number of carbonyl (C=O) groups is 3. The second kappa shape index (κ2) is 65.6. The lowest BCUT2D eigenvalue weighted by Crippen LogP contribution is -2.30. The smallest absolute Gasteiger partial charge is 0.306 e. The van der Waals surface area contributed by atoms with Gasteiger partial charge < -0.3 is 14.2 Å². The van der Waals surface area contributed by atoms with Gasteiger partial charge in [0.1, 0.15) is 13.2 Å². The topological polar surface area (TPSA) is 78.9 Å². The second-order valence-electron chi connectivity index (χ2n) is 21.6. The van der Waals surface area contributed by atoms with Gasteiger partial charge in [0.05, 0.1) is 0 Å². The highest BCUT2D eigenvalue weighted by atomic mass is 16.6. The van der Waals surface area contributed by atoms with Gasteiger partial charge in [0.2, 0.25) is 0 Å². The van der Waals surface area contributed by atoms with E-state index in [1.54, 1.807) is 0 Å². The van der Waals surface area contributed by atoms with Crippen molar-refractivity contribution in [3.8, 4) is 0 Å². The molecule has 0 aromatic rings. The van der Waals surface area contributed by atoms with Crippen LogP contribution < -0.4 is 0 Å². The average molecular weight is 1080 g/mol. The predicted molar refractivity (Wildman–Crippen MR) is 339 cm³/mol. The van der Waals surface area contributed by atoms with Crippen molar-refractivity contribution < 1.29 is 28.6 Å². The van der Waals surface area contributed by atoms with Crippen LogP contribution in [0.2, 0.25) is 0 Å². The standard InChI is InChI=1S/C72H122O6/c1-4-7-10-13-16-19-22-25-26-27-28-29-30-31-32-33-34-35-36-37-38-39-40-41-42-43-44-45-46-48-50-53-56-59-62-65-71(74)77-68-69(67-76-70(73)64-61-58-55-52-49-24-21-18-15-12-9-6-3)78-72(75)66-63-60-57-54-51-47-23-20-17-14-11-8-5-2/h7,10,16,19-20,23,25-26,28-29,31-32,34-35,37-38,40-41,69H,4-6,8-9,11-15,17-18,21-22,24,27,30,33,36,39,42-68H2,1-3H3/b10-7-,19-16-,23-20-,26-25-,29-28-,32-31-,35-34-,38-37-,41-40-. The molecule has 0 aromatic heterocycles. The van der Waals surface area contributed by atoms with Gasteiger partial charge in [-0.15, -0.1) is 0 Å². The summed E-state index contributed by atoms with van der Waals surface area (Å²) < 4.78 is 16.9. The van der Waals surface area contributed by atoms with E-state index in [0.29, 0.717) is 19.3 Å². The van der Waals surface area contributed by atoms with Crippen LogP contribution in [0.4, 0.5) is 0 Å². The van der Waals surface area contributed by atoms with Crippen LogP contribution in [0.3, 0.4) is 0 Å². The summed E-state index contributed by atoms with van der Waals surface area (Å²) in [6.07, 6.45) is 89.6. The first-order chi connectivity index (χ1) is 38.5. The molecule has 0 saturated heterocycles. The Balaban J connectivity index is 4.17. The summed E-state index contributed by atoms with van der Waals surface area (Å²) in [5.74, 6) is -0.885. The molecule has 0 bridgehead atoms. The fraction of sp³-hybridized carbons (Fsp3) is 0.708. The summed E-state index contributed by atoms with van der Waals surface area (Å²) in [6.45, 7) is 6.51. The zero-order chi connectivity index (χ0) is 56.4. The zero-order valence-electron chi connectivity index (χ0n) is 51.2. The van der Waals surface area contributed by atoms with Gasteiger partial charge in [-0.25, -0.2) is 0 Å².